The van der Waals surface area contributed by atoms with Gasteiger partial charge in [-0.3, -0.25) is 4.79 Å². The number of hydrogen-bond acceptors (Lipinski definition) is 4. The number of hydrogen-bond donors (Lipinski definition) is 0. The van der Waals surface area contributed by atoms with E-state index in [-0.39, 0.29) is 5.91 Å². The third kappa shape index (κ3) is 2.74. The average Bonchev–Trinajstić information content (AvgIpc) is 2.93. The summed E-state index contributed by atoms with van der Waals surface area (Å²) in [7, 11) is 1.86. The van der Waals surface area contributed by atoms with Crippen LogP contribution in [-0.2, 0) is 20.0 Å². The predicted molar refractivity (Wildman–Crippen MR) is 77.1 cm³/mol. The third-order valence-electron chi connectivity index (χ3n) is 3.53. The number of imidazole rings is 1. The molecule has 2 aromatic rings. The van der Waals surface area contributed by atoms with E-state index >= 15 is 0 Å². The molecule has 0 unspecified atom stereocenters. The van der Waals surface area contributed by atoms with E-state index in [1.54, 1.807) is 17.1 Å². The van der Waals surface area contributed by atoms with Crippen molar-refractivity contribution in [2.45, 2.75) is 19.9 Å². The summed E-state index contributed by atoms with van der Waals surface area (Å²) < 4.78 is 7.19. The molecule has 0 saturated carbocycles. The molecular formula is C15H18N4O2. The Kier molecular flexibility index (Phi) is 3.60. The minimum Gasteiger partial charge on any atom is -0.478 e. The topological polar surface area (TPSA) is 60.2 Å². The maximum absolute atomic E-state index is 12.4. The first kappa shape index (κ1) is 13.6. The molecule has 3 heterocycles. The standard InChI is InChI=1S/C15H18N4O2/c1-3-21-14-5-4-11-8-19(7-6-12(11)17-14)15(20)13-9-18(2)10-16-13/h4-5,9-10H,3,6-8H2,1-2H3. The van der Waals surface area contributed by atoms with Crippen molar-refractivity contribution in [1.82, 2.24) is 19.4 Å². The molecule has 0 bridgehead atoms. The van der Waals surface area contributed by atoms with Gasteiger partial charge in [0.1, 0.15) is 5.69 Å². The smallest absolute Gasteiger partial charge is 0.274 e. The van der Waals surface area contributed by atoms with Crippen molar-refractivity contribution in [3.05, 3.63) is 41.6 Å². The van der Waals surface area contributed by atoms with Crippen LogP contribution in [0.1, 0.15) is 28.7 Å². The lowest BCUT2D eigenvalue weighted by Gasteiger charge is -2.27. The lowest BCUT2D eigenvalue weighted by Crippen LogP contribution is -2.36. The molecule has 2 aromatic heterocycles. The van der Waals surface area contributed by atoms with Crippen LogP contribution in [0.5, 0.6) is 5.88 Å². The van der Waals surface area contributed by atoms with Gasteiger partial charge < -0.3 is 14.2 Å². The average molecular weight is 286 g/mol. The zero-order chi connectivity index (χ0) is 14.8. The summed E-state index contributed by atoms with van der Waals surface area (Å²) in [6, 6.07) is 3.85. The Morgan fingerprint density at radius 2 is 2.29 bits per heavy atom. The van der Waals surface area contributed by atoms with Crippen LogP contribution < -0.4 is 4.74 Å². The van der Waals surface area contributed by atoms with E-state index in [4.69, 9.17) is 4.74 Å². The van der Waals surface area contributed by atoms with Crippen molar-refractivity contribution >= 4 is 5.91 Å². The molecule has 0 N–H and O–H groups in total. The first-order valence-corrected chi connectivity index (χ1v) is 7.06. The Bertz CT molecular complexity index is 665. The molecule has 0 saturated heterocycles. The maximum Gasteiger partial charge on any atom is 0.274 e. The molecule has 1 amide bonds. The quantitative estimate of drug-likeness (QED) is 0.856. The van der Waals surface area contributed by atoms with Crippen LogP contribution in [-0.4, -0.2) is 38.5 Å². The Morgan fingerprint density at radius 3 is 3.00 bits per heavy atom. The maximum atomic E-state index is 12.4. The van der Waals surface area contributed by atoms with Gasteiger partial charge in [0.15, 0.2) is 0 Å². The first-order chi connectivity index (χ1) is 10.2. The largest absolute Gasteiger partial charge is 0.478 e. The number of rotatable bonds is 3. The molecule has 0 radical (unpaired) electrons. The summed E-state index contributed by atoms with van der Waals surface area (Å²) in [6.07, 6.45) is 4.13. The second kappa shape index (κ2) is 5.55. The molecule has 1 aliphatic heterocycles. The molecular weight excluding hydrogens is 268 g/mol. The molecule has 6 heteroatoms. The van der Waals surface area contributed by atoms with Crippen LogP contribution in [0.15, 0.2) is 24.7 Å². The molecule has 0 spiro atoms. The zero-order valence-electron chi connectivity index (χ0n) is 12.2. The fraction of sp³-hybridized carbons (Fsp3) is 0.400. The number of pyridine rings is 1. The van der Waals surface area contributed by atoms with Gasteiger partial charge in [-0.25, -0.2) is 9.97 Å². The van der Waals surface area contributed by atoms with Crippen molar-refractivity contribution in [3.8, 4) is 5.88 Å². The highest BCUT2D eigenvalue weighted by atomic mass is 16.5. The number of carbonyl (C=O) groups excluding carboxylic acids is 1. The van der Waals surface area contributed by atoms with Gasteiger partial charge in [0.2, 0.25) is 5.88 Å². The highest BCUT2D eigenvalue weighted by Crippen LogP contribution is 2.21. The van der Waals surface area contributed by atoms with Crippen molar-refractivity contribution in [2.75, 3.05) is 13.2 Å². The van der Waals surface area contributed by atoms with Crippen LogP contribution in [0, 0.1) is 0 Å². The summed E-state index contributed by atoms with van der Waals surface area (Å²) in [5, 5.41) is 0. The number of aromatic nitrogens is 3. The summed E-state index contributed by atoms with van der Waals surface area (Å²) in [5.41, 5.74) is 2.58. The van der Waals surface area contributed by atoms with E-state index in [1.807, 2.05) is 31.0 Å². The summed E-state index contributed by atoms with van der Waals surface area (Å²) in [5.74, 6) is 0.621. The van der Waals surface area contributed by atoms with Gasteiger partial charge in [0.25, 0.3) is 5.91 Å². The Hall–Kier alpha value is -2.37. The fourth-order valence-electron chi connectivity index (χ4n) is 2.48. The van der Waals surface area contributed by atoms with E-state index in [2.05, 4.69) is 9.97 Å². The Morgan fingerprint density at radius 1 is 1.43 bits per heavy atom. The van der Waals surface area contributed by atoms with E-state index in [9.17, 15) is 4.79 Å². The predicted octanol–water partition coefficient (Wildman–Crippen LogP) is 1.41. The van der Waals surface area contributed by atoms with Crippen LogP contribution in [0.4, 0.5) is 0 Å². The summed E-state index contributed by atoms with van der Waals surface area (Å²) in [6.45, 7) is 3.78. The molecule has 0 aromatic carbocycles. The molecule has 1 aliphatic rings. The molecule has 3 rings (SSSR count). The summed E-state index contributed by atoms with van der Waals surface area (Å²) in [4.78, 5) is 22.8. The van der Waals surface area contributed by atoms with Gasteiger partial charge in [0, 0.05) is 38.8 Å². The first-order valence-electron chi connectivity index (χ1n) is 7.06. The second-order valence-corrected chi connectivity index (χ2v) is 5.09. The van der Waals surface area contributed by atoms with Crippen molar-refractivity contribution in [3.63, 3.8) is 0 Å². The SMILES string of the molecule is CCOc1ccc2c(n1)CCN(C(=O)c1cn(C)cn1)C2. The van der Waals surface area contributed by atoms with Gasteiger partial charge in [-0.1, -0.05) is 6.07 Å². The number of nitrogens with zero attached hydrogens (tertiary/aromatic N) is 4. The highest BCUT2D eigenvalue weighted by Gasteiger charge is 2.24. The van der Waals surface area contributed by atoms with E-state index in [0.717, 1.165) is 17.7 Å². The van der Waals surface area contributed by atoms with Gasteiger partial charge in [-0.15, -0.1) is 0 Å². The minimum atomic E-state index is -0.0323. The second-order valence-electron chi connectivity index (χ2n) is 5.09. The molecule has 21 heavy (non-hydrogen) atoms. The zero-order valence-corrected chi connectivity index (χ0v) is 12.2. The van der Waals surface area contributed by atoms with Gasteiger partial charge in [0.05, 0.1) is 18.6 Å². The number of carbonyl (C=O) groups is 1. The van der Waals surface area contributed by atoms with Crippen LogP contribution in [0.3, 0.4) is 0 Å². The van der Waals surface area contributed by atoms with Crippen LogP contribution in [0.25, 0.3) is 0 Å². The lowest BCUT2D eigenvalue weighted by atomic mass is 10.1. The Balaban J connectivity index is 1.76. The Labute approximate surface area is 123 Å². The van der Waals surface area contributed by atoms with E-state index in [1.165, 1.54) is 0 Å². The molecule has 110 valence electrons. The normalized spacial score (nSPS) is 13.9. The molecule has 0 atom stereocenters. The van der Waals surface area contributed by atoms with E-state index < -0.39 is 0 Å². The molecule has 0 fully saturated rings. The minimum absolute atomic E-state index is 0.0323. The van der Waals surface area contributed by atoms with Gasteiger partial charge in [-0.2, -0.15) is 0 Å². The fourth-order valence-corrected chi connectivity index (χ4v) is 2.48. The molecule has 0 aliphatic carbocycles. The number of ether oxygens (including phenoxy) is 1. The molecule has 6 nitrogen and oxygen atoms in total. The van der Waals surface area contributed by atoms with E-state index in [0.29, 0.717) is 31.3 Å². The highest BCUT2D eigenvalue weighted by molar-refractivity contribution is 5.92. The van der Waals surface area contributed by atoms with Gasteiger partial charge >= 0.3 is 0 Å². The number of amides is 1. The van der Waals surface area contributed by atoms with Crippen molar-refractivity contribution in [2.24, 2.45) is 7.05 Å². The van der Waals surface area contributed by atoms with Crippen molar-refractivity contribution < 1.29 is 9.53 Å². The summed E-state index contributed by atoms with van der Waals surface area (Å²) >= 11 is 0. The number of aryl methyl sites for hydroxylation is 1. The van der Waals surface area contributed by atoms with Crippen LogP contribution >= 0.6 is 0 Å². The van der Waals surface area contributed by atoms with Crippen molar-refractivity contribution in [1.29, 1.82) is 0 Å². The third-order valence-corrected chi connectivity index (χ3v) is 3.53. The lowest BCUT2D eigenvalue weighted by molar-refractivity contribution is 0.0728. The van der Waals surface area contributed by atoms with Gasteiger partial charge in [-0.05, 0) is 12.5 Å². The van der Waals surface area contributed by atoms with Crippen LogP contribution in [0.2, 0.25) is 0 Å². The monoisotopic (exact) mass is 286 g/mol. The number of fused-ring (bicyclic) bond motifs is 1.